The molecule has 1 N–H and O–H groups in total. The molecule has 0 spiro atoms. The first kappa shape index (κ1) is 14.8. The summed E-state index contributed by atoms with van der Waals surface area (Å²) in [5.41, 5.74) is -0.246. The lowest BCUT2D eigenvalue weighted by atomic mass is 9.85. The molecule has 2 aliphatic heterocycles. The van der Waals surface area contributed by atoms with Crippen LogP contribution in [-0.2, 0) is 14.3 Å². The fourth-order valence-corrected chi connectivity index (χ4v) is 3.29. The van der Waals surface area contributed by atoms with Gasteiger partial charge in [0.25, 0.3) is 0 Å². The zero-order valence-electron chi connectivity index (χ0n) is 12.3. The maximum Gasteiger partial charge on any atom is 0.313 e. The third-order valence-electron chi connectivity index (χ3n) is 3.98. The topological polar surface area (TPSA) is 59.0 Å². The van der Waals surface area contributed by atoms with Crippen molar-refractivity contribution in [3.63, 3.8) is 0 Å². The standard InChI is InChI=1S/C14H25NO4/c1-14(2,3)19-10-6-8-15-7-5-9(16)11(12(10)15)13(17)18-4/h9-12,16H,5-8H2,1-4H3/t9-,10-,11-,12-/m0/s1. The molecular formula is C14H25NO4. The molecule has 5 heteroatoms. The Balaban J connectivity index is 2.18. The maximum atomic E-state index is 12.0. The molecule has 5 nitrogen and oxygen atoms in total. The van der Waals surface area contributed by atoms with Gasteiger partial charge in [-0.25, -0.2) is 0 Å². The third kappa shape index (κ3) is 3.09. The Labute approximate surface area is 114 Å². The largest absolute Gasteiger partial charge is 0.469 e. The van der Waals surface area contributed by atoms with Crippen LogP contribution in [0.4, 0.5) is 0 Å². The van der Waals surface area contributed by atoms with Gasteiger partial charge in [-0.2, -0.15) is 0 Å². The quantitative estimate of drug-likeness (QED) is 0.753. The molecule has 2 fully saturated rings. The summed E-state index contributed by atoms with van der Waals surface area (Å²) in [6.07, 6.45) is 0.887. The van der Waals surface area contributed by atoms with E-state index in [1.165, 1.54) is 7.11 Å². The van der Waals surface area contributed by atoms with Gasteiger partial charge in [0, 0.05) is 13.1 Å². The molecule has 19 heavy (non-hydrogen) atoms. The highest BCUT2D eigenvalue weighted by atomic mass is 16.5. The molecule has 0 aromatic carbocycles. The summed E-state index contributed by atoms with van der Waals surface area (Å²) in [5, 5.41) is 10.2. The van der Waals surface area contributed by atoms with Crippen molar-refractivity contribution < 1.29 is 19.4 Å². The molecule has 0 aliphatic carbocycles. The number of nitrogens with zero attached hydrogens (tertiary/aromatic N) is 1. The van der Waals surface area contributed by atoms with Gasteiger partial charge < -0.3 is 14.6 Å². The van der Waals surface area contributed by atoms with Gasteiger partial charge in [0.05, 0.1) is 31.0 Å². The van der Waals surface area contributed by atoms with Crippen molar-refractivity contribution in [2.45, 2.75) is 57.5 Å². The first-order chi connectivity index (χ1) is 8.83. The number of aliphatic hydroxyl groups is 1. The Morgan fingerprint density at radius 1 is 1.26 bits per heavy atom. The maximum absolute atomic E-state index is 12.0. The van der Waals surface area contributed by atoms with Crippen LogP contribution in [0.5, 0.6) is 0 Å². The van der Waals surface area contributed by atoms with Crippen LogP contribution in [0.2, 0.25) is 0 Å². The molecule has 2 heterocycles. The summed E-state index contributed by atoms with van der Waals surface area (Å²) in [6, 6.07) is -0.0598. The molecule has 0 amide bonds. The van der Waals surface area contributed by atoms with E-state index in [0.29, 0.717) is 6.42 Å². The van der Waals surface area contributed by atoms with Gasteiger partial charge in [0.15, 0.2) is 0 Å². The summed E-state index contributed by atoms with van der Waals surface area (Å²) >= 11 is 0. The SMILES string of the molecule is COC(=O)[C@@H]1[C@@H]2[C@@H](OC(C)(C)C)CCN2CC[C@@H]1O. The minimum Gasteiger partial charge on any atom is -0.469 e. The van der Waals surface area contributed by atoms with E-state index in [4.69, 9.17) is 9.47 Å². The zero-order chi connectivity index (χ0) is 14.2. The number of esters is 1. The molecule has 4 atom stereocenters. The number of rotatable bonds is 2. The number of aliphatic hydroxyl groups excluding tert-OH is 1. The van der Waals surface area contributed by atoms with Gasteiger partial charge in [-0.1, -0.05) is 0 Å². The molecule has 0 bridgehead atoms. The number of ether oxygens (including phenoxy) is 2. The van der Waals surface area contributed by atoms with Gasteiger partial charge in [-0.15, -0.1) is 0 Å². The highest BCUT2D eigenvalue weighted by Gasteiger charge is 2.50. The molecule has 0 saturated carbocycles. The summed E-state index contributed by atoms with van der Waals surface area (Å²) < 4.78 is 10.9. The van der Waals surface area contributed by atoms with E-state index in [1.807, 2.05) is 20.8 Å². The molecule has 0 aromatic heterocycles. The van der Waals surface area contributed by atoms with Crippen LogP contribution in [-0.4, -0.2) is 60.0 Å². The van der Waals surface area contributed by atoms with Crippen molar-refractivity contribution in [3.8, 4) is 0 Å². The Kier molecular flexibility index (Phi) is 4.18. The Bertz CT molecular complexity index is 339. The van der Waals surface area contributed by atoms with Crippen LogP contribution in [0.15, 0.2) is 0 Å². The first-order valence-electron chi connectivity index (χ1n) is 7.01. The Hall–Kier alpha value is -0.650. The van der Waals surface area contributed by atoms with Crippen LogP contribution < -0.4 is 0 Å². The lowest BCUT2D eigenvalue weighted by Crippen LogP contribution is -2.56. The predicted molar refractivity (Wildman–Crippen MR) is 70.7 cm³/mol. The number of carbonyl (C=O) groups is 1. The Morgan fingerprint density at radius 3 is 2.47 bits per heavy atom. The number of hydrogen-bond acceptors (Lipinski definition) is 5. The first-order valence-corrected chi connectivity index (χ1v) is 7.01. The highest BCUT2D eigenvalue weighted by molar-refractivity contribution is 5.74. The monoisotopic (exact) mass is 271 g/mol. The van der Waals surface area contributed by atoms with Crippen molar-refractivity contribution >= 4 is 5.97 Å². The summed E-state index contributed by atoms with van der Waals surface area (Å²) in [7, 11) is 1.38. The smallest absolute Gasteiger partial charge is 0.313 e. The fourth-order valence-electron chi connectivity index (χ4n) is 3.29. The van der Waals surface area contributed by atoms with Crippen molar-refractivity contribution in [2.75, 3.05) is 20.2 Å². The number of piperidine rings is 1. The van der Waals surface area contributed by atoms with E-state index < -0.39 is 12.0 Å². The van der Waals surface area contributed by atoms with Gasteiger partial charge >= 0.3 is 5.97 Å². The van der Waals surface area contributed by atoms with Crippen LogP contribution in [0.3, 0.4) is 0 Å². The van der Waals surface area contributed by atoms with E-state index in [-0.39, 0.29) is 23.7 Å². The van der Waals surface area contributed by atoms with E-state index in [9.17, 15) is 9.90 Å². The Morgan fingerprint density at radius 2 is 1.89 bits per heavy atom. The van der Waals surface area contributed by atoms with E-state index in [0.717, 1.165) is 19.5 Å². The third-order valence-corrected chi connectivity index (χ3v) is 3.98. The molecule has 0 unspecified atom stereocenters. The van der Waals surface area contributed by atoms with Crippen molar-refractivity contribution in [1.29, 1.82) is 0 Å². The van der Waals surface area contributed by atoms with Crippen molar-refractivity contribution in [2.24, 2.45) is 5.92 Å². The van der Waals surface area contributed by atoms with Crippen molar-refractivity contribution in [3.05, 3.63) is 0 Å². The van der Waals surface area contributed by atoms with E-state index in [1.54, 1.807) is 0 Å². The van der Waals surface area contributed by atoms with Gasteiger partial charge in [0.2, 0.25) is 0 Å². The minimum atomic E-state index is -0.627. The lowest BCUT2D eigenvalue weighted by molar-refractivity contribution is -0.163. The molecule has 110 valence electrons. The molecule has 2 saturated heterocycles. The summed E-state index contributed by atoms with van der Waals surface area (Å²) in [5.74, 6) is -0.819. The predicted octanol–water partition coefficient (Wildman–Crippen LogP) is 0.798. The van der Waals surface area contributed by atoms with E-state index in [2.05, 4.69) is 4.90 Å². The van der Waals surface area contributed by atoms with Crippen LogP contribution in [0.1, 0.15) is 33.6 Å². The highest BCUT2D eigenvalue weighted by Crippen LogP contribution is 2.36. The lowest BCUT2D eigenvalue weighted by Gasteiger charge is -2.41. The van der Waals surface area contributed by atoms with E-state index >= 15 is 0 Å². The summed E-state index contributed by atoms with van der Waals surface area (Å²) in [4.78, 5) is 14.2. The minimum absolute atomic E-state index is 0.0148. The molecular weight excluding hydrogens is 246 g/mol. The molecule has 2 rings (SSSR count). The van der Waals surface area contributed by atoms with Crippen LogP contribution in [0, 0.1) is 5.92 Å². The average Bonchev–Trinajstić information content (AvgIpc) is 2.69. The zero-order valence-corrected chi connectivity index (χ0v) is 12.3. The second kappa shape index (κ2) is 5.38. The fraction of sp³-hybridized carbons (Fsp3) is 0.929. The molecule has 0 aromatic rings. The normalized spacial score (nSPS) is 36.1. The summed E-state index contributed by atoms with van der Waals surface area (Å²) in [6.45, 7) is 7.79. The number of carbonyl (C=O) groups excluding carboxylic acids is 1. The van der Waals surface area contributed by atoms with Gasteiger partial charge in [-0.3, -0.25) is 9.69 Å². The molecule has 0 radical (unpaired) electrons. The average molecular weight is 271 g/mol. The van der Waals surface area contributed by atoms with Crippen LogP contribution in [0.25, 0.3) is 0 Å². The van der Waals surface area contributed by atoms with Gasteiger partial charge in [-0.05, 0) is 33.6 Å². The van der Waals surface area contributed by atoms with Crippen LogP contribution >= 0.6 is 0 Å². The van der Waals surface area contributed by atoms with Crippen molar-refractivity contribution in [1.82, 2.24) is 4.90 Å². The van der Waals surface area contributed by atoms with Gasteiger partial charge in [0.1, 0.15) is 5.92 Å². The second-order valence-corrected chi connectivity index (χ2v) is 6.49. The number of methoxy groups -OCH3 is 1. The molecule has 2 aliphatic rings. The number of fused-ring (bicyclic) bond motifs is 1. The second-order valence-electron chi connectivity index (χ2n) is 6.49. The number of hydrogen-bond donors (Lipinski definition) is 1.